The van der Waals surface area contributed by atoms with E-state index < -0.39 is 5.97 Å². The fraction of sp³-hybridized carbons (Fsp3) is 0.500. The van der Waals surface area contributed by atoms with Gasteiger partial charge in [-0.1, -0.05) is 0 Å². The molecule has 0 spiro atoms. The summed E-state index contributed by atoms with van der Waals surface area (Å²) in [4.78, 5) is 18.3. The van der Waals surface area contributed by atoms with Crippen LogP contribution in [0.5, 0.6) is 0 Å². The smallest absolute Gasteiger partial charge is 0.356 e. The van der Waals surface area contributed by atoms with Crippen LogP contribution in [0.4, 0.5) is 5.82 Å². The maximum atomic E-state index is 10.5. The Labute approximate surface area is 87.6 Å². The standard InChI is InChI=1S/C10H13N3O2/c1-6(7-2-3-7)13-9-5-11-8(4-12-9)10(14)15/h4-7H,2-3H2,1H3,(H,12,13)(H,14,15)/t6-/m1/s1. The van der Waals surface area contributed by atoms with E-state index in [4.69, 9.17) is 5.11 Å². The number of aromatic carboxylic acids is 1. The molecule has 0 aromatic carbocycles. The van der Waals surface area contributed by atoms with Crippen LogP contribution in [-0.4, -0.2) is 27.1 Å². The van der Waals surface area contributed by atoms with E-state index >= 15 is 0 Å². The molecule has 0 radical (unpaired) electrons. The normalized spacial score (nSPS) is 17.1. The number of rotatable bonds is 4. The number of nitrogens with zero attached hydrogens (tertiary/aromatic N) is 2. The highest BCUT2D eigenvalue weighted by atomic mass is 16.4. The van der Waals surface area contributed by atoms with Gasteiger partial charge in [0.1, 0.15) is 5.82 Å². The van der Waals surface area contributed by atoms with Crippen molar-refractivity contribution in [1.82, 2.24) is 9.97 Å². The summed E-state index contributed by atoms with van der Waals surface area (Å²) in [6.07, 6.45) is 5.25. The first-order valence-corrected chi connectivity index (χ1v) is 4.98. The van der Waals surface area contributed by atoms with Gasteiger partial charge in [0.25, 0.3) is 0 Å². The van der Waals surface area contributed by atoms with Crippen molar-refractivity contribution in [2.24, 2.45) is 5.92 Å². The lowest BCUT2D eigenvalue weighted by molar-refractivity contribution is 0.0690. The molecule has 1 atom stereocenters. The first-order valence-electron chi connectivity index (χ1n) is 4.98. The van der Waals surface area contributed by atoms with E-state index in [9.17, 15) is 4.79 Å². The lowest BCUT2D eigenvalue weighted by atomic mass is 10.2. The van der Waals surface area contributed by atoms with Crippen LogP contribution < -0.4 is 5.32 Å². The first-order chi connectivity index (χ1) is 7.16. The van der Waals surface area contributed by atoms with Gasteiger partial charge in [0.15, 0.2) is 5.69 Å². The highest BCUT2D eigenvalue weighted by Crippen LogP contribution is 2.33. The minimum Gasteiger partial charge on any atom is -0.476 e. The number of carboxylic acids is 1. The first kappa shape index (κ1) is 9.89. The predicted octanol–water partition coefficient (Wildman–Crippen LogP) is 1.39. The summed E-state index contributed by atoms with van der Waals surface area (Å²) in [6, 6.07) is 0.384. The van der Waals surface area contributed by atoms with Crippen LogP contribution in [0.25, 0.3) is 0 Å². The number of aromatic nitrogens is 2. The molecule has 1 aliphatic rings. The summed E-state index contributed by atoms with van der Waals surface area (Å²) >= 11 is 0. The van der Waals surface area contributed by atoms with Crippen molar-refractivity contribution in [1.29, 1.82) is 0 Å². The van der Waals surface area contributed by atoms with E-state index in [0.29, 0.717) is 11.9 Å². The molecule has 0 aliphatic heterocycles. The molecule has 5 nitrogen and oxygen atoms in total. The molecule has 1 aliphatic carbocycles. The lowest BCUT2D eigenvalue weighted by Gasteiger charge is -2.12. The molecule has 1 fully saturated rings. The van der Waals surface area contributed by atoms with Crippen molar-refractivity contribution in [2.75, 3.05) is 5.32 Å². The fourth-order valence-corrected chi connectivity index (χ4v) is 1.46. The van der Waals surface area contributed by atoms with Crippen molar-refractivity contribution < 1.29 is 9.90 Å². The summed E-state index contributed by atoms with van der Waals surface area (Å²) in [5.41, 5.74) is -0.0281. The molecule has 80 valence electrons. The third-order valence-electron chi connectivity index (χ3n) is 2.58. The molecular formula is C10H13N3O2. The van der Waals surface area contributed by atoms with Crippen molar-refractivity contribution in [3.8, 4) is 0 Å². The monoisotopic (exact) mass is 207 g/mol. The second kappa shape index (κ2) is 3.84. The molecule has 2 rings (SSSR count). The highest BCUT2D eigenvalue weighted by Gasteiger charge is 2.27. The van der Waals surface area contributed by atoms with Crippen molar-refractivity contribution in [3.05, 3.63) is 18.1 Å². The van der Waals surface area contributed by atoms with Gasteiger partial charge in [0.2, 0.25) is 0 Å². The highest BCUT2D eigenvalue weighted by molar-refractivity contribution is 5.84. The molecule has 2 N–H and O–H groups in total. The SMILES string of the molecule is C[C@@H](Nc1cnc(C(=O)O)cn1)C1CC1. The van der Waals surface area contributed by atoms with Crippen LogP contribution in [0, 0.1) is 5.92 Å². The van der Waals surface area contributed by atoms with Crippen molar-refractivity contribution in [2.45, 2.75) is 25.8 Å². The molecular weight excluding hydrogens is 194 g/mol. The molecule has 1 heterocycles. The van der Waals surface area contributed by atoms with E-state index in [1.54, 1.807) is 0 Å². The predicted molar refractivity (Wildman–Crippen MR) is 54.8 cm³/mol. The van der Waals surface area contributed by atoms with Crippen LogP contribution in [0.2, 0.25) is 0 Å². The van der Waals surface area contributed by atoms with E-state index in [-0.39, 0.29) is 5.69 Å². The molecule has 0 amide bonds. The van der Waals surface area contributed by atoms with Gasteiger partial charge in [-0.05, 0) is 25.7 Å². The van der Waals surface area contributed by atoms with E-state index in [0.717, 1.165) is 5.92 Å². The Kier molecular flexibility index (Phi) is 2.53. The Morgan fingerprint density at radius 1 is 1.53 bits per heavy atom. The van der Waals surface area contributed by atoms with Crippen molar-refractivity contribution in [3.63, 3.8) is 0 Å². The zero-order chi connectivity index (χ0) is 10.8. The lowest BCUT2D eigenvalue weighted by Crippen LogP contribution is -2.18. The quantitative estimate of drug-likeness (QED) is 0.780. The van der Waals surface area contributed by atoms with Crippen molar-refractivity contribution >= 4 is 11.8 Å². The number of carbonyl (C=O) groups is 1. The van der Waals surface area contributed by atoms with Gasteiger partial charge < -0.3 is 10.4 Å². The molecule has 0 bridgehead atoms. The molecule has 5 heteroatoms. The maximum absolute atomic E-state index is 10.5. The topological polar surface area (TPSA) is 75.1 Å². The van der Waals surface area contributed by atoms with E-state index in [1.807, 2.05) is 0 Å². The molecule has 0 saturated heterocycles. The Morgan fingerprint density at radius 2 is 2.27 bits per heavy atom. The molecule has 0 unspecified atom stereocenters. The molecule has 1 saturated carbocycles. The van der Waals surface area contributed by atoms with Gasteiger partial charge in [0.05, 0.1) is 12.4 Å². The summed E-state index contributed by atoms with van der Waals surface area (Å²) in [5, 5.41) is 11.8. The second-order valence-electron chi connectivity index (χ2n) is 3.86. The second-order valence-corrected chi connectivity index (χ2v) is 3.86. The van der Waals surface area contributed by atoms with Gasteiger partial charge >= 0.3 is 5.97 Å². The van der Waals surface area contributed by atoms with E-state index in [2.05, 4.69) is 22.2 Å². The molecule has 1 aromatic heterocycles. The Balaban J connectivity index is 1.99. The zero-order valence-corrected chi connectivity index (χ0v) is 8.47. The molecule has 1 aromatic rings. The summed E-state index contributed by atoms with van der Waals surface area (Å²) in [5.74, 6) is 0.314. The van der Waals surface area contributed by atoms with Gasteiger partial charge in [-0.3, -0.25) is 0 Å². The van der Waals surface area contributed by atoms with Gasteiger partial charge in [-0.25, -0.2) is 14.8 Å². The van der Waals surface area contributed by atoms with Crippen LogP contribution in [0.15, 0.2) is 12.4 Å². The number of anilines is 1. The summed E-state index contributed by atoms with van der Waals surface area (Å²) in [6.45, 7) is 2.10. The average molecular weight is 207 g/mol. The van der Waals surface area contributed by atoms with Crippen LogP contribution in [0.1, 0.15) is 30.3 Å². The van der Waals surface area contributed by atoms with E-state index in [1.165, 1.54) is 25.2 Å². The van der Waals surface area contributed by atoms with Crippen LogP contribution >= 0.6 is 0 Å². The molecule has 15 heavy (non-hydrogen) atoms. The largest absolute Gasteiger partial charge is 0.476 e. The summed E-state index contributed by atoms with van der Waals surface area (Å²) < 4.78 is 0. The number of nitrogens with one attached hydrogen (secondary N) is 1. The fourth-order valence-electron chi connectivity index (χ4n) is 1.46. The number of hydrogen-bond donors (Lipinski definition) is 2. The third kappa shape index (κ3) is 2.43. The van der Waals surface area contributed by atoms with Gasteiger partial charge in [0, 0.05) is 6.04 Å². The van der Waals surface area contributed by atoms with Gasteiger partial charge in [-0.2, -0.15) is 0 Å². The van der Waals surface area contributed by atoms with Crippen LogP contribution in [-0.2, 0) is 0 Å². The Bertz CT molecular complexity index is 359. The summed E-state index contributed by atoms with van der Waals surface area (Å²) in [7, 11) is 0. The zero-order valence-electron chi connectivity index (χ0n) is 8.47. The average Bonchev–Trinajstić information content (AvgIpc) is 3.01. The maximum Gasteiger partial charge on any atom is 0.356 e. The Hall–Kier alpha value is -1.65. The third-order valence-corrected chi connectivity index (χ3v) is 2.58. The van der Waals surface area contributed by atoms with Gasteiger partial charge in [-0.15, -0.1) is 0 Å². The Morgan fingerprint density at radius 3 is 2.73 bits per heavy atom. The number of hydrogen-bond acceptors (Lipinski definition) is 4. The minimum absolute atomic E-state index is 0.0281. The van der Waals surface area contributed by atoms with Crippen LogP contribution in [0.3, 0.4) is 0 Å². The number of carboxylic acid groups (broad SMARTS) is 1. The minimum atomic E-state index is -1.05.